The van der Waals surface area contributed by atoms with Crippen molar-refractivity contribution in [2.45, 2.75) is 25.8 Å². The number of hydrogen-bond donors (Lipinski definition) is 2. The molecule has 5 heteroatoms. The van der Waals surface area contributed by atoms with Crippen molar-refractivity contribution in [3.8, 4) is 5.75 Å². The first-order valence-corrected chi connectivity index (χ1v) is 5.97. The number of guanidine groups is 1. The van der Waals surface area contributed by atoms with Gasteiger partial charge >= 0.3 is 0 Å². The highest BCUT2D eigenvalue weighted by molar-refractivity contribution is 14.0. The molecule has 1 aromatic carbocycles. The van der Waals surface area contributed by atoms with E-state index in [1.54, 1.807) is 7.11 Å². The highest BCUT2D eigenvalue weighted by Gasteiger charge is 2.35. The Kier molecular flexibility index (Phi) is 5.71. The Labute approximate surface area is 125 Å². The van der Waals surface area contributed by atoms with E-state index >= 15 is 0 Å². The quantitative estimate of drug-likeness (QED) is 0.493. The van der Waals surface area contributed by atoms with Gasteiger partial charge in [-0.25, -0.2) is 4.99 Å². The van der Waals surface area contributed by atoms with Crippen molar-refractivity contribution in [3.05, 3.63) is 24.3 Å². The number of anilines is 1. The molecule has 1 saturated carbocycles. The number of hydrogen-bond acceptors (Lipinski definition) is 2. The number of ether oxygens (including phenoxy) is 1. The van der Waals surface area contributed by atoms with Gasteiger partial charge in [-0.3, -0.25) is 0 Å². The molecule has 0 saturated heterocycles. The highest BCUT2D eigenvalue weighted by Crippen LogP contribution is 2.36. The maximum absolute atomic E-state index is 5.85. The van der Waals surface area contributed by atoms with Crippen LogP contribution in [0.25, 0.3) is 0 Å². The van der Waals surface area contributed by atoms with Crippen molar-refractivity contribution in [1.82, 2.24) is 0 Å². The summed E-state index contributed by atoms with van der Waals surface area (Å²) in [6.45, 7) is 2.19. The Bertz CT molecular complexity index is 422. The normalized spacial score (nSPS) is 22.0. The van der Waals surface area contributed by atoms with Gasteiger partial charge in [0.05, 0.1) is 13.2 Å². The smallest absolute Gasteiger partial charge is 0.193 e. The number of nitrogens with one attached hydrogen (secondary N) is 1. The number of aliphatic imine (C=N–C) groups is 1. The van der Waals surface area contributed by atoms with Crippen LogP contribution in [-0.4, -0.2) is 19.1 Å². The molecule has 3 N–H and O–H groups in total. The Morgan fingerprint density at radius 1 is 1.56 bits per heavy atom. The summed E-state index contributed by atoms with van der Waals surface area (Å²) in [6.07, 6.45) is 2.34. The van der Waals surface area contributed by atoms with Crippen LogP contribution in [0.3, 0.4) is 0 Å². The van der Waals surface area contributed by atoms with E-state index in [4.69, 9.17) is 10.5 Å². The van der Waals surface area contributed by atoms with Crippen molar-refractivity contribution in [1.29, 1.82) is 0 Å². The van der Waals surface area contributed by atoms with Crippen molar-refractivity contribution < 1.29 is 4.74 Å². The van der Waals surface area contributed by atoms with E-state index in [0.29, 0.717) is 12.0 Å². The second kappa shape index (κ2) is 6.82. The molecule has 100 valence electrons. The van der Waals surface area contributed by atoms with Crippen LogP contribution in [-0.2, 0) is 0 Å². The molecular weight excluding hydrogens is 341 g/mol. The molecule has 0 unspecified atom stereocenters. The van der Waals surface area contributed by atoms with Crippen LogP contribution in [0.4, 0.5) is 5.69 Å². The Balaban J connectivity index is 0.00000162. The lowest BCUT2D eigenvalue weighted by Crippen LogP contribution is -2.23. The maximum atomic E-state index is 5.85. The minimum absolute atomic E-state index is 0. The molecule has 1 aliphatic rings. The maximum Gasteiger partial charge on any atom is 0.193 e. The average molecular weight is 361 g/mol. The van der Waals surface area contributed by atoms with E-state index in [9.17, 15) is 0 Å². The fourth-order valence-corrected chi connectivity index (χ4v) is 1.89. The fraction of sp³-hybridized carbons (Fsp3) is 0.462. The van der Waals surface area contributed by atoms with Crippen molar-refractivity contribution >= 4 is 35.6 Å². The van der Waals surface area contributed by atoms with Gasteiger partial charge < -0.3 is 15.8 Å². The number of nitrogens with two attached hydrogens (primary N) is 1. The van der Waals surface area contributed by atoms with E-state index in [1.165, 1.54) is 6.42 Å². The minimum atomic E-state index is 0. The SMILES string of the molecule is CC[C@@H]1C[C@H]1N=C(N)Nc1cccc(OC)c1.I. The van der Waals surface area contributed by atoms with Gasteiger partial charge in [0, 0.05) is 11.8 Å². The number of nitrogens with zero attached hydrogens (tertiary/aromatic N) is 1. The van der Waals surface area contributed by atoms with Crippen LogP contribution >= 0.6 is 24.0 Å². The molecule has 0 aliphatic heterocycles. The molecule has 1 aromatic rings. The van der Waals surface area contributed by atoms with Crippen LogP contribution in [0.2, 0.25) is 0 Å². The lowest BCUT2D eigenvalue weighted by molar-refractivity contribution is 0.415. The van der Waals surface area contributed by atoms with Crippen molar-refractivity contribution in [2.24, 2.45) is 16.6 Å². The van der Waals surface area contributed by atoms with Gasteiger partial charge in [-0.05, 0) is 24.5 Å². The Morgan fingerprint density at radius 2 is 2.33 bits per heavy atom. The van der Waals surface area contributed by atoms with E-state index in [-0.39, 0.29) is 24.0 Å². The molecule has 0 bridgehead atoms. The lowest BCUT2D eigenvalue weighted by atomic mass is 10.3. The summed E-state index contributed by atoms with van der Waals surface area (Å²) in [5, 5.41) is 3.08. The van der Waals surface area contributed by atoms with Gasteiger partial charge in [-0.2, -0.15) is 0 Å². The summed E-state index contributed by atoms with van der Waals surface area (Å²) in [6, 6.07) is 8.06. The third kappa shape index (κ3) is 4.04. The highest BCUT2D eigenvalue weighted by atomic mass is 127. The summed E-state index contributed by atoms with van der Waals surface area (Å²) in [7, 11) is 1.65. The Hall–Kier alpha value is -0.980. The van der Waals surface area contributed by atoms with E-state index in [2.05, 4.69) is 17.2 Å². The zero-order valence-corrected chi connectivity index (χ0v) is 13.0. The summed E-state index contributed by atoms with van der Waals surface area (Å²) in [5.41, 5.74) is 6.76. The molecule has 2 rings (SSSR count). The Morgan fingerprint density at radius 3 is 2.94 bits per heavy atom. The van der Waals surface area contributed by atoms with Crippen LogP contribution in [0.15, 0.2) is 29.3 Å². The van der Waals surface area contributed by atoms with E-state index in [0.717, 1.165) is 23.8 Å². The van der Waals surface area contributed by atoms with E-state index in [1.807, 2.05) is 24.3 Å². The average Bonchev–Trinajstić information content (AvgIpc) is 3.07. The number of rotatable bonds is 4. The summed E-state index contributed by atoms with van der Waals surface area (Å²) in [4.78, 5) is 4.43. The van der Waals surface area contributed by atoms with Crippen LogP contribution in [0.1, 0.15) is 19.8 Å². The molecule has 4 nitrogen and oxygen atoms in total. The lowest BCUT2D eigenvalue weighted by Gasteiger charge is -2.07. The minimum Gasteiger partial charge on any atom is -0.497 e. The molecule has 2 atom stereocenters. The zero-order valence-electron chi connectivity index (χ0n) is 10.7. The van der Waals surface area contributed by atoms with Gasteiger partial charge in [0.15, 0.2) is 5.96 Å². The van der Waals surface area contributed by atoms with Gasteiger partial charge in [0.1, 0.15) is 5.75 Å². The molecule has 1 fully saturated rings. The molecule has 0 radical (unpaired) electrons. The molecule has 0 aromatic heterocycles. The summed E-state index contributed by atoms with van der Waals surface area (Å²) < 4.78 is 5.14. The summed E-state index contributed by atoms with van der Waals surface area (Å²) in [5.74, 6) is 2.01. The first-order chi connectivity index (χ1) is 8.22. The van der Waals surface area contributed by atoms with Gasteiger partial charge in [-0.1, -0.05) is 19.4 Å². The molecule has 0 spiro atoms. The largest absolute Gasteiger partial charge is 0.497 e. The van der Waals surface area contributed by atoms with Gasteiger partial charge in [-0.15, -0.1) is 24.0 Å². The molecule has 1 aliphatic carbocycles. The summed E-state index contributed by atoms with van der Waals surface area (Å²) >= 11 is 0. The van der Waals surface area contributed by atoms with Crippen molar-refractivity contribution in [3.63, 3.8) is 0 Å². The number of methoxy groups -OCH3 is 1. The van der Waals surface area contributed by atoms with Gasteiger partial charge in [0.25, 0.3) is 0 Å². The predicted octanol–water partition coefficient (Wildman–Crippen LogP) is 2.84. The fourth-order valence-electron chi connectivity index (χ4n) is 1.89. The number of halogens is 1. The predicted molar refractivity (Wildman–Crippen MR) is 85.8 cm³/mol. The molecule has 18 heavy (non-hydrogen) atoms. The van der Waals surface area contributed by atoms with E-state index < -0.39 is 0 Å². The van der Waals surface area contributed by atoms with Crippen molar-refractivity contribution in [2.75, 3.05) is 12.4 Å². The van der Waals surface area contributed by atoms with Crippen LogP contribution < -0.4 is 15.8 Å². The van der Waals surface area contributed by atoms with Gasteiger partial charge in [0.2, 0.25) is 0 Å². The molecular formula is C13H20IN3O. The topological polar surface area (TPSA) is 59.6 Å². The third-order valence-corrected chi connectivity index (χ3v) is 3.06. The first-order valence-electron chi connectivity index (χ1n) is 5.97. The monoisotopic (exact) mass is 361 g/mol. The number of benzene rings is 1. The zero-order chi connectivity index (χ0) is 12.3. The third-order valence-electron chi connectivity index (χ3n) is 3.06. The molecule has 0 amide bonds. The van der Waals surface area contributed by atoms with Crippen LogP contribution in [0, 0.1) is 5.92 Å². The second-order valence-electron chi connectivity index (χ2n) is 4.34. The molecule has 0 heterocycles. The van der Waals surface area contributed by atoms with Crippen LogP contribution in [0.5, 0.6) is 5.75 Å². The first kappa shape index (κ1) is 15.1. The standard InChI is InChI=1S/C13H19N3O.HI/c1-3-9-7-12(9)16-13(14)15-10-5-4-6-11(8-10)17-2;/h4-6,8-9,12H,3,7H2,1-2H3,(H3,14,15,16);1H/t9-,12-;/m1./s1. The second-order valence-corrected chi connectivity index (χ2v) is 4.34.